The molecule has 0 amide bonds. The fourth-order valence-electron chi connectivity index (χ4n) is 2.50. The van der Waals surface area contributed by atoms with Gasteiger partial charge in [-0.25, -0.2) is 0 Å². The summed E-state index contributed by atoms with van der Waals surface area (Å²) in [6.07, 6.45) is 7.08. The summed E-state index contributed by atoms with van der Waals surface area (Å²) in [6.45, 7) is 6.54. The summed E-state index contributed by atoms with van der Waals surface area (Å²) >= 11 is 0. The number of hydrogen-bond acceptors (Lipinski definition) is 2. The third-order valence-corrected chi connectivity index (χ3v) is 3.22. The molecule has 0 aromatic rings. The van der Waals surface area contributed by atoms with E-state index in [0.29, 0.717) is 0 Å². The van der Waals surface area contributed by atoms with Gasteiger partial charge in [-0.3, -0.25) is 0 Å². The van der Waals surface area contributed by atoms with E-state index in [9.17, 15) is 0 Å². The molecule has 1 heterocycles. The van der Waals surface area contributed by atoms with E-state index < -0.39 is 0 Å². The minimum atomic E-state index is 0.790. The van der Waals surface area contributed by atoms with Crippen LogP contribution >= 0.6 is 0 Å². The lowest BCUT2D eigenvalue weighted by molar-refractivity contribution is 0.381. The maximum absolute atomic E-state index is 3.77. The first kappa shape index (κ1) is 12.0. The first-order valence-electron chi connectivity index (χ1n) is 6.29. The summed E-state index contributed by atoms with van der Waals surface area (Å²) in [5, 5.41) is 3.77. The fraction of sp³-hybridized carbons (Fsp3) is 1.00. The van der Waals surface area contributed by atoms with Crippen molar-refractivity contribution in [3.8, 4) is 0 Å². The Morgan fingerprint density at radius 3 is 2.14 bits per heavy atom. The SMILES string of the molecule is CC.CN1CCC(NC2CCCC2)C1. The molecule has 0 aromatic carbocycles. The standard InChI is InChI=1S/C10H20N2.C2H6/c1-12-7-6-10(8-12)11-9-4-2-3-5-9;1-2/h9-11H,2-8H2,1H3;1-2H3. The van der Waals surface area contributed by atoms with Crippen molar-refractivity contribution in [3.05, 3.63) is 0 Å². The van der Waals surface area contributed by atoms with E-state index in [-0.39, 0.29) is 0 Å². The highest BCUT2D eigenvalue weighted by atomic mass is 15.2. The van der Waals surface area contributed by atoms with Crippen molar-refractivity contribution in [2.75, 3.05) is 20.1 Å². The Kier molecular flexibility index (Phi) is 5.49. The number of nitrogens with zero attached hydrogens (tertiary/aromatic N) is 1. The van der Waals surface area contributed by atoms with Gasteiger partial charge in [0, 0.05) is 18.6 Å². The van der Waals surface area contributed by atoms with Crippen molar-refractivity contribution in [3.63, 3.8) is 0 Å². The van der Waals surface area contributed by atoms with Gasteiger partial charge in [-0.15, -0.1) is 0 Å². The van der Waals surface area contributed by atoms with Gasteiger partial charge in [-0.05, 0) is 32.9 Å². The van der Waals surface area contributed by atoms with Gasteiger partial charge >= 0.3 is 0 Å². The van der Waals surface area contributed by atoms with Crippen molar-refractivity contribution in [1.82, 2.24) is 10.2 Å². The minimum Gasteiger partial charge on any atom is -0.310 e. The molecule has 0 aromatic heterocycles. The molecular formula is C12H26N2. The van der Waals surface area contributed by atoms with Crippen LogP contribution in [0.1, 0.15) is 46.0 Å². The van der Waals surface area contributed by atoms with E-state index >= 15 is 0 Å². The van der Waals surface area contributed by atoms with Crippen molar-refractivity contribution >= 4 is 0 Å². The van der Waals surface area contributed by atoms with Crippen LogP contribution in [0.3, 0.4) is 0 Å². The van der Waals surface area contributed by atoms with E-state index in [1.807, 2.05) is 13.8 Å². The highest BCUT2D eigenvalue weighted by molar-refractivity contribution is 4.84. The second-order valence-electron chi connectivity index (χ2n) is 4.40. The molecule has 1 unspecified atom stereocenters. The lowest BCUT2D eigenvalue weighted by atomic mass is 10.2. The van der Waals surface area contributed by atoms with Crippen molar-refractivity contribution in [1.29, 1.82) is 0 Å². The molecule has 1 atom stereocenters. The van der Waals surface area contributed by atoms with Gasteiger partial charge in [-0.1, -0.05) is 26.7 Å². The largest absolute Gasteiger partial charge is 0.310 e. The van der Waals surface area contributed by atoms with Gasteiger partial charge in [0.2, 0.25) is 0 Å². The first-order valence-corrected chi connectivity index (χ1v) is 6.29. The van der Waals surface area contributed by atoms with Crippen LogP contribution in [0.5, 0.6) is 0 Å². The number of nitrogens with one attached hydrogen (secondary N) is 1. The van der Waals surface area contributed by atoms with Gasteiger partial charge in [-0.2, -0.15) is 0 Å². The Labute approximate surface area is 89.1 Å². The summed E-state index contributed by atoms with van der Waals surface area (Å²) in [5.41, 5.74) is 0. The Hall–Kier alpha value is -0.0800. The van der Waals surface area contributed by atoms with Crippen molar-refractivity contribution in [2.24, 2.45) is 0 Å². The number of rotatable bonds is 2. The molecule has 1 aliphatic carbocycles. The fourth-order valence-corrected chi connectivity index (χ4v) is 2.50. The maximum atomic E-state index is 3.77. The quantitative estimate of drug-likeness (QED) is 0.732. The molecule has 0 radical (unpaired) electrons. The molecule has 2 fully saturated rings. The molecule has 1 saturated carbocycles. The summed E-state index contributed by atoms with van der Waals surface area (Å²) in [5.74, 6) is 0. The Morgan fingerprint density at radius 2 is 1.64 bits per heavy atom. The highest BCUT2D eigenvalue weighted by Crippen LogP contribution is 2.19. The van der Waals surface area contributed by atoms with Gasteiger partial charge in [0.1, 0.15) is 0 Å². The molecule has 84 valence electrons. The Balaban J connectivity index is 0.000000461. The zero-order chi connectivity index (χ0) is 10.4. The lowest BCUT2D eigenvalue weighted by Gasteiger charge is -2.18. The molecule has 2 heteroatoms. The monoisotopic (exact) mass is 198 g/mol. The van der Waals surface area contributed by atoms with Crippen LogP contribution in [-0.2, 0) is 0 Å². The van der Waals surface area contributed by atoms with Crippen LogP contribution in [0.4, 0.5) is 0 Å². The number of likely N-dealkylation sites (tertiary alicyclic amines) is 1. The van der Waals surface area contributed by atoms with Crippen LogP contribution in [-0.4, -0.2) is 37.1 Å². The topological polar surface area (TPSA) is 15.3 Å². The zero-order valence-electron chi connectivity index (χ0n) is 10.1. The second kappa shape index (κ2) is 6.41. The third-order valence-electron chi connectivity index (χ3n) is 3.22. The predicted molar refractivity (Wildman–Crippen MR) is 62.6 cm³/mol. The molecule has 14 heavy (non-hydrogen) atoms. The van der Waals surface area contributed by atoms with E-state index in [0.717, 1.165) is 12.1 Å². The summed E-state index contributed by atoms with van der Waals surface area (Å²) in [4.78, 5) is 2.42. The lowest BCUT2D eigenvalue weighted by Crippen LogP contribution is -2.38. The molecule has 0 spiro atoms. The molecule has 2 rings (SSSR count). The molecule has 2 aliphatic rings. The van der Waals surface area contributed by atoms with E-state index in [1.165, 1.54) is 45.2 Å². The average molecular weight is 198 g/mol. The van der Waals surface area contributed by atoms with Gasteiger partial charge in [0.25, 0.3) is 0 Å². The number of likely N-dealkylation sites (N-methyl/N-ethyl adjacent to an activating group) is 1. The zero-order valence-corrected chi connectivity index (χ0v) is 10.1. The normalized spacial score (nSPS) is 28.9. The van der Waals surface area contributed by atoms with E-state index in [2.05, 4.69) is 17.3 Å². The Bertz CT molecular complexity index is 141. The van der Waals surface area contributed by atoms with Gasteiger partial charge in [0.05, 0.1) is 0 Å². The van der Waals surface area contributed by atoms with Gasteiger partial charge < -0.3 is 10.2 Å². The van der Waals surface area contributed by atoms with Crippen LogP contribution in [0.25, 0.3) is 0 Å². The van der Waals surface area contributed by atoms with Gasteiger partial charge in [0.15, 0.2) is 0 Å². The maximum Gasteiger partial charge on any atom is 0.0209 e. The van der Waals surface area contributed by atoms with Crippen LogP contribution in [0.15, 0.2) is 0 Å². The molecule has 1 N–H and O–H groups in total. The summed E-state index contributed by atoms with van der Waals surface area (Å²) in [7, 11) is 2.22. The third kappa shape index (κ3) is 3.58. The molecule has 0 bridgehead atoms. The summed E-state index contributed by atoms with van der Waals surface area (Å²) < 4.78 is 0. The van der Waals surface area contributed by atoms with Crippen molar-refractivity contribution < 1.29 is 0 Å². The molecule has 2 nitrogen and oxygen atoms in total. The van der Waals surface area contributed by atoms with E-state index in [4.69, 9.17) is 0 Å². The smallest absolute Gasteiger partial charge is 0.0209 e. The van der Waals surface area contributed by atoms with Crippen LogP contribution in [0, 0.1) is 0 Å². The molecule has 1 saturated heterocycles. The van der Waals surface area contributed by atoms with Crippen molar-refractivity contribution in [2.45, 2.75) is 58.0 Å². The first-order chi connectivity index (χ1) is 6.84. The van der Waals surface area contributed by atoms with Crippen LogP contribution < -0.4 is 5.32 Å². The Morgan fingerprint density at radius 1 is 1.00 bits per heavy atom. The predicted octanol–water partition coefficient (Wildman–Crippen LogP) is 2.25. The van der Waals surface area contributed by atoms with E-state index in [1.54, 1.807) is 0 Å². The molecular weight excluding hydrogens is 172 g/mol. The molecule has 1 aliphatic heterocycles. The highest BCUT2D eigenvalue weighted by Gasteiger charge is 2.23. The average Bonchev–Trinajstić information content (AvgIpc) is 2.82. The number of hydrogen-bond donors (Lipinski definition) is 1. The second-order valence-corrected chi connectivity index (χ2v) is 4.40. The van der Waals surface area contributed by atoms with Crippen LogP contribution in [0.2, 0.25) is 0 Å². The summed E-state index contributed by atoms with van der Waals surface area (Å²) in [6, 6.07) is 1.64. The minimum absolute atomic E-state index is 0.790.